The predicted octanol–water partition coefficient (Wildman–Crippen LogP) is 3.98. The van der Waals surface area contributed by atoms with Crippen LogP contribution in [0.4, 0.5) is 36.6 Å². The van der Waals surface area contributed by atoms with Gasteiger partial charge in [0.05, 0.1) is 30.0 Å². The Hall–Kier alpha value is -4.05. The van der Waals surface area contributed by atoms with Crippen molar-refractivity contribution in [3.63, 3.8) is 0 Å². The van der Waals surface area contributed by atoms with E-state index < -0.39 is 84.2 Å². The maximum Gasteiger partial charge on any atom is 0.420 e. The summed E-state index contributed by atoms with van der Waals surface area (Å²) in [6, 6.07) is 7.79. The van der Waals surface area contributed by atoms with Crippen molar-refractivity contribution in [2.45, 2.75) is 18.4 Å². The number of aromatic nitrogens is 2. The van der Waals surface area contributed by atoms with Gasteiger partial charge in [-0.05, 0) is 36.4 Å². The molecule has 0 spiro atoms. The SMILES string of the molecule is Nc1c(C(=O)NCC(O)(CN(CCF)C(=O)c2c(Cl)cccc2OC(F)F)C(F)(F)F)cnn1-c1ccc(F)cc1. The summed E-state index contributed by atoms with van der Waals surface area (Å²) in [5.74, 6) is -4.36. The molecule has 1 heterocycles. The standard InChI is InChI=1S/C24H21ClF7N5O4/c25-16-2-1-3-17(41-22(28)29)18(16)21(39)36(9-8-26)12-23(40,24(30,31)32)11-34-20(38)15-10-35-37(19(15)33)14-6-4-13(27)5-7-14/h1-7,10,22,40H,8-9,11-12,33H2,(H,34,38). The number of hydrogen-bond donors (Lipinski definition) is 3. The molecule has 0 aliphatic carbocycles. The second-order valence-corrected chi connectivity index (χ2v) is 8.86. The van der Waals surface area contributed by atoms with E-state index in [9.17, 15) is 45.4 Å². The molecular formula is C24H21ClF7N5O4. The molecule has 17 heteroatoms. The Kier molecular flexibility index (Phi) is 9.70. The predicted molar refractivity (Wildman–Crippen MR) is 131 cm³/mol. The minimum Gasteiger partial charge on any atom is -0.434 e. The average Bonchev–Trinajstić information content (AvgIpc) is 3.27. The number of rotatable bonds is 11. The van der Waals surface area contributed by atoms with Crippen molar-refractivity contribution in [3.8, 4) is 11.4 Å². The molecule has 3 aromatic rings. The number of alkyl halides is 6. The van der Waals surface area contributed by atoms with E-state index in [0.29, 0.717) is 0 Å². The number of carbonyl (C=O) groups is 2. The number of nitrogen functional groups attached to an aromatic ring is 1. The zero-order chi connectivity index (χ0) is 30.5. The van der Waals surface area contributed by atoms with Crippen LogP contribution < -0.4 is 15.8 Å². The molecule has 9 nitrogen and oxygen atoms in total. The molecule has 0 radical (unpaired) electrons. The molecule has 4 N–H and O–H groups in total. The second-order valence-electron chi connectivity index (χ2n) is 8.45. The van der Waals surface area contributed by atoms with Crippen molar-refractivity contribution in [2.75, 3.05) is 32.0 Å². The highest BCUT2D eigenvalue weighted by atomic mass is 35.5. The van der Waals surface area contributed by atoms with Crippen LogP contribution in [0.2, 0.25) is 5.02 Å². The number of nitrogens with two attached hydrogens (primary N) is 1. The number of benzene rings is 2. The third-order valence-corrected chi connectivity index (χ3v) is 6.01. The molecule has 3 rings (SSSR count). The fourth-order valence-corrected chi connectivity index (χ4v) is 3.87. The molecule has 222 valence electrons. The van der Waals surface area contributed by atoms with Crippen molar-refractivity contribution in [1.29, 1.82) is 0 Å². The van der Waals surface area contributed by atoms with E-state index >= 15 is 0 Å². The zero-order valence-corrected chi connectivity index (χ0v) is 21.4. The van der Waals surface area contributed by atoms with Gasteiger partial charge in [-0.15, -0.1) is 0 Å². The van der Waals surface area contributed by atoms with Crippen LogP contribution in [-0.2, 0) is 0 Å². The zero-order valence-electron chi connectivity index (χ0n) is 20.6. The largest absolute Gasteiger partial charge is 0.434 e. The molecule has 0 aliphatic rings. The van der Waals surface area contributed by atoms with Gasteiger partial charge in [0.2, 0.25) is 0 Å². The molecule has 2 aromatic carbocycles. The van der Waals surface area contributed by atoms with Crippen molar-refractivity contribution in [3.05, 3.63) is 70.6 Å². The lowest BCUT2D eigenvalue weighted by molar-refractivity contribution is -0.260. The van der Waals surface area contributed by atoms with Crippen LogP contribution >= 0.6 is 11.6 Å². The second kappa shape index (κ2) is 12.6. The van der Waals surface area contributed by atoms with E-state index in [2.05, 4.69) is 9.84 Å². The molecule has 1 unspecified atom stereocenters. The quantitative estimate of drug-likeness (QED) is 0.282. The number of halogens is 8. The third-order valence-electron chi connectivity index (χ3n) is 5.69. The Morgan fingerprint density at radius 3 is 2.41 bits per heavy atom. The van der Waals surface area contributed by atoms with E-state index in [1.54, 1.807) is 0 Å². The van der Waals surface area contributed by atoms with Gasteiger partial charge in [0.15, 0.2) is 5.60 Å². The van der Waals surface area contributed by atoms with Gasteiger partial charge < -0.3 is 25.8 Å². The molecule has 41 heavy (non-hydrogen) atoms. The van der Waals surface area contributed by atoms with Gasteiger partial charge in [0, 0.05) is 6.54 Å². The van der Waals surface area contributed by atoms with E-state index in [1.807, 2.05) is 5.32 Å². The average molecular weight is 612 g/mol. The molecule has 2 amide bonds. The van der Waals surface area contributed by atoms with Gasteiger partial charge in [-0.25, -0.2) is 13.5 Å². The number of amides is 2. The molecule has 1 aromatic heterocycles. The van der Waals surface area contributed by atoms with Gasteiger partial charge in [0.1, 0.15) is 35.2 Å². The van der Waals surface area contributed by atoms with Crippen LogP contribution in [0, 0.1) is 5.82 Å². The molecule has 0 saturated heterocycles. The lowest BCUT2D eigenvalue weighted by Crippen LogP contribution is -2.60. The van der Waals surface area contributed by atoms with Crippen LogP contribution in [0.5, 0.6) is 5.75 Å². The minimum absolute atomic E-state index is 0.195. The summed E-state index contributed by atoms with van der Waals surface area (Å²) in [7, 11) is 0. The molecule has 0 fully saturated rings. The first kappa shape index (κ1) is 31.5. The summed E-state index contributed by atoms with van der Waals surface area (Å²) >= 11 is 5.91. The smallest absolute Gasteiger partial charge is 0.420 e. The van der Waals surface area contributed by atoms with Gasteiger partial charge in [-0.3, -0.25) is 9.59 Å². The van der Waals surface area contributed by atoms with E-state index in [-0.39, 0.29) is 16.4 Å². The maximum absolute atomic E-state index is 14.0. The molecule has 1 atom stereocenters. The first-order chi connectivity index (χ1) is 19.2. The van der Waals surface area contributed by atoms with E-state index in [1.165, 1.54) is 12.1 Å². The number of hydrogen-bond acceptors (Lipinski definition) is 6. The summed E-state index contributed by atoms with van der Waals surface area (Å²) in [5, 5.41) is 15.8. The number of nitrogens with zero attached hydrogens (tertiary/aromatic N) is 3. The third kappa shape index (κ3) is 7.18. The molecule has 0 saturated carbocycles. The summed E-state index contributed by atoms with van der Waals surface area (Å²) in [4.78, 5) is 25.9. The van der Waals surface area contributed by atoms with Gasteiger partial charge in [0.25, 0.3) is 11.8 Å². The number of aliphatic hydroxyl groups is 1. The molecule has 0 aliphatic heterocycles. The van der Waals surface area contributed by atoms with E-state index in [4.69, 9.17) is 17.3 Å². The van der Waals surface area contributed by atoms with Crippen LogP contribution in [0.3, 0.4) is 0 Å². The van der Waals surface area contributed by atoms with Crippen LogP contribution in [0.1, 0.15) is 20.7 Å². The van der Waals surface area contributed by atoms with Crippen LogP contribution in [0.25, 0.3) is 5.69 Å². The maximum atomic E-state index is 14.0. The first-order valence-corrected chi connectivity index (χ1v) is 11.8. The Balaban J connectivity index is 1.86. The summed E-state index contributed by atoms with van der Waals surface area (Å²) in [6.45, 7) is -9.02. The van der Waals surface area contributed by atoms with Crippen molar-refractivity contribution >= 4 is 29.2 Å². The highest BCUT2D eigenvalue weighted by molar-refractivity contribution is 6.34. The Morgan fingerprint density at radius 1 is 1.17 bits per heavy atom. The molecule has 0 bridgehead atoms. The first-order valence-electron chi connectivity index (χ1n) is 11.4. The van der Waals surface area contributed by atoms with Crippen molar-refractivity contribution in [1.82, 2.24) is 20.0 Å². The Bertz CT molecular complexity index is 1390. The normalized spacial score (nSPS) is 13.1. The lowest BCUT2D eigenvalue weighted by Gasteiger charge is -2.35. The van der Waals surface area contributed by atoms with Gasteiger partial charge in [-0.1, -0.05) is 17.7 Å². The highest BCUT2D eigenvalue weighted by Gasteiger charge is 2.55. The van der Waals surface area contributed by atoms with Crippen molar-refractivity contribution < 1.29 is 50.2 Å². The topological polar surface area (TPSA) is 123 Å². The van der Waals surface area contributed by atoms with Crippen LogP contribution in [-0.4, -0.2) is 76.3 Å². The fourth-order valence-electron chi connectivity index (χ4n) is 3.62. The van der Waals surface area contributed by atoms with E-state index in [0.717, 1.165) is 41.2 Å². The lowest BCUT2D eigenvalue weighted by atomic mass is 10.0. The molecular weight excluding hydrogens is 591 g/mol. The summed E-state index contributed by atoms with van der Waals surface area (Å²) in [6.07, 6.45) is -4.58. The van der Waals surface area contributed by atoms with Crippen LogP contribution in [0.15, 0.2) is 48.7 Å². The summed E-state index contributed by atoms with van der Waals surface area (Å²) in [5.41, 5.74) is 1.04. The Morgan fingerprint density at radius 2 is 1.83 bits per heavy atom. The van der Waals surface area contributed by atoms with Gasteiger partial charge >= 0.3 is 12.8 Å². The number of nitrogens with one attached hydrogen (secondary N) is 1. The number of anilines is 1. The van der Waals surface area contributed by atoms with Gasteiger partial charge in [-0.2, -0.15) is 27.1 Å². The number of ether oxygens (including phenoxy) is 1. The number of carbonyl (C=O) groups excluding carboxylic acids is 2. The minimum atomic E-state index is -5.50. The monoisotopic (exact) mass is 611 g/mol. The summed E-state index contributed by atoms with van der Waals surface area (Å²) < 4.78 is 99.5. The highest BCUT2D eigenvalue weighted by Crippen LogP contribution is 2.34. The fraction of sp³-hybridized carbons (Fsp3) is 0.292. The Labute approximate surface area is 232 Å². The van der Waals surface area contributed by atoms with Crippen molar-refractivity contribution in [2.24, 2.45) is 0 Å².